The Bertz CT molecular complexity index is 1310. The fraction of sp³-hybridized carbons (Fsp3) is 0.400. The van der Waals surface area contributed by atoms with Gasteiger partial charge in [0.15, 0.2) is 0 Å². The summed E-state index contributed by atoms with van der Waals surface area (Å²) in [4.78, 5) is 25.3. The number of carbonyl (C=O) groups excluding carboxylic acids is 1. The molecule has 0 radical (unpaired) electrons. The van der Waals surface area contributed by atoms with Crippen LogP contribution in [0.3, 0.4) is 0 Å². The van der Waals surface area contributed by atoms with Crippen molar-refractivity contribution in [3.63, 3.8) is 0 Å². The van der Waals surface area contributed by atoms with Crippen LogP contribution < -0.4 is 10.2 Å². The van der Waals surface area contributed by atoms with Crippen LogP contribution in [0.5, 0.6) is 0 Å². The van der Waals surface area contributed by atoms with E-state index >= 15 is 0 Å². The lowest BCUT2D eigenvalue weighted by molar-refractivity contribution is -0.384. The summed E-state index contributed by atoms with van der Waals surface area (Å²) in [5.41, 5.74) is 0.316. The first-order valence-corrected chi connectivity index (χ1v) is 12.7. The van der Waals surface area contributed by atoms with Crippen molar-refractivity contribution in [2.45, 2.75) is 51.3 Å². The number of amides is 1. The number of ether oxygens (including phenoxy) is 1. The zero-order valence-corrected chi connectivity index (χ0v) is 21.7. The Morgan fingerprint density at radius 1 is 1.11 bits per heavy atom. The minimum absolute atomic E-state index is 0.0733. The summed E-state index contributed by atoms with van der Waals surface area (Å²) >= 11 is 1.06. The van der Waals surface area contributed by atoms with Crippen molar-refractivity contribution < 1.29 is 27.6 Å². The molecule has 2 heterocycles. The number of alkyl halides is 3. The largest absolute Gasteiger partial charge is 0.444 e. The van der Waals surface area contributed by atoms with Gasteiger partial charge < -0.3 is 9.64 Å². The lowest BCUT2D eigenvalue weighted by Gasteiger charge is -2.33. The van der Waals surface area contributed by atoms with Crippen LogP contribution in [0, 0.1) is 10.1 Å². The van der Waals surface area contributed by atoms with Crippen molar-refractivity contribution in [3.8, 4) is 10.6 Å². The maximum Gasteiger partial charge on any atom is 0.416 e. The predicted octanol–water partition coefficient (Wildman–Crippen LogP) is 6.86. The molecule has 9 nitrogen and oxygen atoms in total. The molecule has 0 aliphatic carbocycles. The van der Waals surface area contributed by atoms with Gasteiger partial charge in [0.05, 0.1) is 10.5 Å². The van der Waals surface area contributed by atoms with Crippen molar-refractivity contribution >= 4 is 33.9 Å². The van der Waals surface area contributed by atoms with Gasteiger partial charge in [-0.25, -0.2) is 4.79 Å². The second-order valence-electron chi connectivity index (χ2n) is 9.88. The van der Waals surface area contributed by atoms with Crippen molar-refractivity contribution in [1.29, 1.82) is 0 Å². The molecule has 1 aliphatic heterocycles. The quantitative estimate of drug-likeness (QED) is 0.273. The van der Waals surface area contributed by atoms with Crippen molar-refractivity contribution in [3.05, 3.63) is 63.7 Å². The van der Waals surface area contributed by atoms with Crippen LogP contribution in [-0.4, -0.2) is 39.9 Å². The molecule has 202 valence electrons. The maximum absolute atomic E-state index is 12.9. The monoisotopic (exact) mass is 549 g/mol. The highest BCUT2D eigenvalue weighted by molar-refractivity contribution is 7.18. The summed E-state index contributed by atoms with van der Waals surface area (Å²) < 4.78 is 43.8. The zero-order chi connectivity index (χ0) is 27.7. The average molecular weight is 550 g/mol. The van der Waals surface area contributed by atoms with E-state index in [4.69, 9.17) is 4.74 Å². The third-order valence-corrected chi connectivity index (χ3v) is 6.88. The Morgan fingerprint density at radius 3 is 2.34 bits per heavy atom. The number of piperidine rings is 1. The van der Waals surface area contributed by atoms with E-state index in [9.17, 15) is 28.1 Å². The molecular weight excluding hydrogens is 523 g/mol. The molecule has 1 aromatic heterocycles. The topological polar surface area (TPSA) is 110 Å². The summed E-state index contributed by atoms with van der Waals surface area (Å²) in [6, 6.07) is 9.99. The van der Waals surface area contributed by atoms with E-state index in [1.165, 1.54) is 18.2 Å². The van der Waals surface area contributed by atoms with Gasteiger partial charge in [0.1, 0.15) is 16.3 Å². The first kappa shape index (κ1) is 27.3. The Morgan fingerprint density at radius 2 is 1.76 bits per heavy atom. The van der Waals surface area contributed by atoms with Gasteiger partial charge in [0.2, 0.25) is 5.13 Å². The molecule has 38 heavy (non-hydrogen) atoms. The molecule has 1 N–H and O–H groups in total. The highest BCUT2D eigenvalue weighted by atomic mass is 32.1. The second kappa shape index (κ2) is 10.6. The van der Waals surface area contributed by atoms with Crippen LogP contribution >= 0.6 is 11.3 Å². The molecule has 1 aliphatic rings. The Balaban J connectivity index is 1.45. The normalized spacial score (nSPS) is 14.8. The first-order chi connectivity index (χ1) is 17.8. The molecule has 0 spiro atoms. The van der Waals surface area contributed by atoms with Crippen molar-refractivity contribution in [2.75, 3.05) is 23.3 Å². The molecule has 1 saturated heterocycles. The third kappa shape index (κ3) is 6.57. The van der Waals surface area contributed by atoms with Gasteiger partial charge in [0.25, 0.3) is 5.69 Å². The number of nitrogens with one attached hydrogen (secondary N) is 1. The predicted molar refractivity (Wildman–Crippen MR) is 137 cm³/mol. The van der Waals surface area contributed by atoms with Crippen LogP contribution in [0.25, 0.3) is 10.6 Å². The standard InChI is InChI=1S/C25H26F3N5O4S/c1-24(2,3)37-23(34)29-22-31-30-21(38-22)17-6-9-19(20(14-17)33(35)36)32-12-10-16(11-13-32)15-4-7-18(8-5-15)25(26,27)28/h4-9,14,16H,10-13H2,1-3H3,(H,29,31,34). The number of aromatic nitrogens is 2. The van der Waals surface area contributed by atoms with Gasteiger partial charge in [-0.15, -0.1) is 10.2 Å². The SMILES string of the molecule is CC(C)(C)OC(=O)Nc1nnc(-c2ccc(N3CCC(c4ccc(C(F)(F)F)cc4)CC3)c([N+](=O)[O-])c2)s1. The molecule has 0 saturated carbocycles. The number of carbonyl (C=O) groups is 1. The van der Waals surface area contributed by atoms with E-state index in [0.717, 1.165) is 29.0 Å². The number of nitro groups is 1. The Kier molecular flexibility index (Phi) is 7.58. The number of benzene rings is 2. The fourth-order valence-corrected chi connectivity index (χ4v) is 4.98. The van der Waals surface area contributed by atoms with Gasteiger partial charge in [-0.3, -0.25) is 15.4 Å². The smallest absolute Gasteiger partial charge is 0.416 e. The minimum atomic E-state index is -4.38. The number of nitrogens with zero attached hydrogens (tertiary/aromatic N) is 4. The highest BCUT2D eigenvalue weighted by Crippen LogP contribution is 2.38. The van der Waals surface area contributed by atoms with E-state index < -0.39 is 28.4 Å². The lowest BCUT2D eigenvalue weighted by atomic mass is 9.88. The third-order valence-electron chi connectivity index (χ3n) is 6.00. The molecule has 3 aromatic rings. The van der Waals surface area contributed by atoms with E-state index in [1.807, 2.05) is 4.90 Å². The number of halogens is 3. The number of hydrogen-bond acceptors (Lipinski definition) is 8. The summed E-state index contributed by atoms with van der Waals surface area (Å²) in [6.07, 6.45) is -3.75. The van der Waals surface area contributed by atoms with Crippen LogP contribution in [0.2, 0.25) is 0 Å². The van der Waals surface area contributed by atoms with E-state index in [-0.39, 0.29) is 16.7 Å². The molecule has 0 unspecified atom stereocenters. The van der Waals surface area contributed by atoms with E-state index in [1.54, 1.807) is 32.9 Å². The van der Waals surface area contributed by atoms with Crippen molar-refractivity contribution in [2.24, 2.45) is 0 Å². The second-order valence-corrected chi connectivity index (χ2v) is 10.9. The average Bonchev–Trinajstić information content (AvgIpc) is 3.30. The Hall–Kier alpha value is -3.74. The summed E-state index contributed by atoms with van der Waals surface area (Å²) in [6.45, 7) is 6.24. The summed E-state index contributed by atoms with van der Waals surface area (Å²) in [5, 5.41) is 23.0. The number of nitro benzene ring substituents is 1. The van der Waals surface area contributed by atoms with Gasteiger partial charge in [0, 0.05) is 24.7 Å². The van der Waals surface area contributed by atoms with Gasteiger partial charge in [-0.1, -0.05) is 23.5 Å². The highest BCUT2D eigenvalue weighted by Gasteiger charge is 2.31. The molecule has 4 rings (SSSR count). The molecule has 1 amide bonds. The van der Waals surface area contributed by atoms with E-state index in [0.29, 0.717) is 42.2 Å². The summed E-state index contributed by atoms with van der Waals surface area (Å²) in [7, 11) is 0. The summed E-state index contributed by atoms with van der Waals surface area (Å²) in [5.74, 6) is 0.0733. The van der Waals surface area contributed by atoms with Gasteiger partial charge in [-0.2, -0.15) is 13.2 Å². The molecule has 0 atom stereocenters. The molecule has 0 bridgehead atoms. The molecular formula is C25H26F3N5O4S. The lowest BCUT2D eigenvalue weighted by Crippen LogP contribution is -2.33. The fourth-order valence-electron chi connectivity index (χ4n) is 4.25. The van der Waals surface area contributed by atoms with Crippen LogP contribution in [0.1, 0.15) is 50.7 Å². The van der Waals surface area contributed by atoms with Crippen LogP contribution in [0.4, 0.5) is 34.5 Å². The zero-order valence-electron chi connectivity index (χ0n) is 20.9. The minimum Gasteiger partial charge on any atom is -0.444 e. The number of anilines is 2. The molecule has 1 fully saturated rings. The van der Waals surface area contributed by atoms with Gasteiger partial charge >= 0.3 is 12.3 Å². The molecule has 2 aromatic carbocycles. The van der Waals surface area contributed by atoms with Crippen molar-refractivity contribution in [1.82, 2.24) is 10.2 Å². The number of hydrogen-bond donors (Lipinski definition) is 1. The van der Waals surface area contributed by atoms with E-state index in [2.05, 4.69) is 15.5 Å². The Labute approximate surface area is 220 Å². The van der Waals surface area contributed by atoms with Crippen LogP contribution in [-0.2, 0) is 10.9 Å². The molecule has 13 heteroatoms. The van der Waals surface area contributed by atoms with Gasteiger partial charge in [-0.05, 0) is 69.4 Å². The van der Waals surface area contributed by atoms with Crippen LogP contribution in [0.15, 0.2) is 42.5 Å². The number of rotatable bonds is 5. The maximum atomic E-state index is 12.9. The first-order valence-electron chi connectivity index (χ1n) is 11.8.